The average molecular weight is 434 g/mol. The molecule has 0 saturated heterocycles. The monoisotopic (exact) mass is 433 g/mol. The molecule has 10 heteroatoms. The third kappa shape index (κ3) is 4.99. The lowest BCUT2D eigenvalue weighted by Crippen LogP contribution is -2.23. The van der Waals surface area contributed by atoms with E-state index in [0.29, 0.717) is 39.7 Å². The Bertz CT molecular complexity index is 997. The van der Waals surface area contributed by atoms with Gasteiger partial charge in [0, 0.05) is 5.02 Å². The summed E-state index contributed by atoms with van der Waals surface area (Å²) in [4.78, 5) is 12.7. The molecule has 0 bridgehead atoms. The van der Waals surface area contributed by atoms with Gasteiger partial charge in [-0.2, -0.15) is 4.68 Å². The minimum Gasteiger partial charge on any atom is -0.495 e. The van der Waals surface area contributed by atoms with E-state index >= 15 is 0 Å². The molecule has 0 aliphatic rings. The van der Waals surface area contributed by atoms with Gasteiger partial charge in [0.2, 0.25) is 11.1 Å². The molecule has 8 nitrogen and oxygen atoms in total. The Kier molecular flexibility index (Phi) is 6.95. The van der Waals surface area contributed by atoms with Crippen LogP contribution < -0.4 is 14.8 Å². The lowest BCUT2D eigenvalue weighted by molar-refractivity contribution is -0.115. The van der Waals surface area contributed by atoms with Crippen LogP contribution in [0.15, 0.2) is 47.6 Å². The maximum atomic E-state index is 12.7. The number of hydrogen-bond donors (Lipinski definition) is 1. The van der Waals surface area contributed by atoms with E-state index in [1.807, 2.05) is 31.2 Å². The van der Waals surface area contributed by atoms with Crippen LogP contribution >= 0.6 is 23.4 Å². The van der Waals surface area contributed by atoms with Gasteiger partial charge in [0.25, 0.3) is 0 Å². The van der Waals surface area contributed by atoms with Gasteiger partial charge in [0.1, 0.15) is 17.2 Å². The van der Waals surface area contributed by atoms with Crippen LogP contribution in [0.4, 0.5) is 5.69 Å². The number of nitrogens with zero attached hydrogens (tertiary/aromatic N) is 4. The summed E-state index contributed by atoms with van der Waals surface area (Å²) < 4.78 is 12.5. The van der Waals surface area contributed by atoms with Crippen LogP contribution in [-0.4, -0.2) is 45.1 Å². The first-order valence-corrected chi connectivity index (χ1v) is 10.1. The number of thioether (sulfide) groups is 1. The molecule has 1 heterocycles. The molecule has 1 unspecified atom stereocenters. The van der Waals surface area contributed by atoms with Crippen LogP contribution in [0.2, 0.25) is 5.02 Å². The third-order valence-electron chi connectivity index (χ3n) is 3.90. The molecule has 0 fully saturated rings. The number of benzene rings is 2. The molecule has 0 spiro atoms. The molecule has 152 valence electrons. The maximum Gasteiger partial charge on any atom is 0.237 e. The van der Waals surface area contributed by atoms with Crippen molar-refractivity contribution in [2.45, 2.75) is 24.3 Å². The lowest BCUT2D eigenvalue weighted by Gasteiger charge is -2.15. The second-order valence-electron chi connectivity index (χ2n) is 5.87. The highest BCUT2D eigenvalue weighted by Crippen LogP contribution is 2.31. The van der Waals surface area contributed by atoms with Gasteiger partial charge in [-0.05, 0) is 54.6 Å². The van der Waals surface area contributed by atoms with Gasteiger partial charge in [0.15, 0.2) is 0 Å². The summed E-state index contributed by atoms with van der Waals surface area (Å²) in [6.07, 6.45) is 0. The molecule has 1 atom stereocenters. The van der Waals surface area contributed by atoms with Crippen molar-refractivity contribution in [3.05, 3.63) is 47.5 Å². The number of para-hydroxylation sites is 2. The summed E-state index contributed by atoms with van der Waals surface area (Å²) in [5, 5.41) is 15.2. The van der Waals surface area contributed by atoms with E-state index in [4.69, 9.17) is 21.1 Å². The predicted molar refractivity (Wildman–Crippen MR) is 112 cm³/mol. The number of halogens is 1. The molecule has 0 saturated carbocycles. The number of amides is 1. The van der Waals surface area contributed by atoms with Crippen LogP contribution in [0.5, 0.6) is 11.5 Å². The first-order chi connectivity index (χ1) is 14.0. The van der Waals surface area contributed by atoms with E-state index in [0.717, 1.165) is 0 Å². The Balaban J connectivity index is 1.77. The van der Waals surface area contributed by atoms with Crippen molar-refractivity contribution in [3.63, 3.8) is 0 Å². The van der Waals surface area contributed by atoms with Gasteiger partial charge in [-0.1, -0.05) is 35.5 Å². The fourth-order valence-electron chi connectivity index (χ4n) is 2.54. The molecule has 2 aromatic carbocycles. The molecule has 0 aliphatic carbocycles. The lowest BCUT2D eigenvalue weighted by atomic mass is 10.3. The maximum absolute atomic E-state index is 12.7. The molecule has 0 radical (unpaired) electrons. The Morgan fingerprint density at radius 3 is 2.83 bits per heavy atom. The second kappa shape index (κ2) is 9.62. The van der Waals surface area contributed by atoms with Gasteiger partial charge in [-0.25, -0.2) is 0 Å². The number of ether oxygens (including phenoxy) is 2. The number of rotatable bonds is 8. The van der Waals surface area contributed by atoms with Gasteiger partial charge in [-0.3, -0.25) is 4.79 Å². The van der Waals surface area contributed by atoms with E-state index in [2.05, 4.69) is 20.8 Å². The summed E-state index contributed by atoms with van der Waals surface area (Å²) in [7, 11) is 1.53. The molecule has 1 N–H and O–H groups in total. The first-order valence-electron chi connectivity index (χ1n) is 8.85. The minimum atomic E-state index is -0.484. The van der Waals surface area contributed by atoms with Crippen molar-refractivity contribution in [2.75, 3.05) is 19.0 Å². The van der Waals surface area contributed by atoms with E-state index in [9.17, 15) is 4.79 Å². The van der Waals surface area contributed by atoms with Crippen LogP contribution in [0.1, 0.15) is 13.8 Å². The minimum absolute atomic E-state index is 0.233. The van der Waals surface area contributed by atoms with Crippen molar-refractivity contribution < 1.29 is 14.3 Å². The van der Waals surface area contributed by atoms with Gasteiger partial charge in [0.05, 0.1) is 24.7 Å². The first kappa shape index (κ1) is 20.9. The standard InChI is InChI=1S/C19H20ClN5O3S/c1-4-28-17-8-6-5-7-15(17)25-19(22-23-24-25)29-12(2)18(26)21-14-11-13(20)9-10-16(14)27-3/h5-12H,4H2,1-3H3,(H,21,26). The zero-order valence-electron chi connectivity index (χ0n) is 16.1. The SMILES string of the molecule is CCOc1ccccc1-n1nnnc1SC(C)C(=O)Nc1cc(Cl)ccc1OC. The van der Waals surface area contributed by atoms with Crippen molar-refractivity contribution in [1.82, 2.24) is 20.2 Å². The smallest absolute Gasteiger partial charge is 0.237 e. The van der Waals surface area contributed by atoms with Gasteiger partial charge < -0.3 is 14.8 Å². The van der Waals surface area contributed by atoms with Crippen LogP contribution in [0, 0.1) is 0 Å². The van der Waals surface area contributed by atoms with E-state index in [-0.39, 0.29) is 5.91 Å². The van der Waals surface area contributed by atoms with E-state index < -0.39 is 5.25 Å². The fraction of sp³-hybridized carbons (Fsp3) is 0.263. The van der Waals surface area contributed by atoms with Crippen molar-refractivity contribution in [1.29, 1.82) is 0 Å². The Morgan fingerprint density at radius 1 is 1.28 bits per heavy atom. The Hall–Kier alpha value is -2.78. The van der Waals surface area contributed by atoms with Crippen LogP contribution in [0.25, 0.3) is 5.69 Å². The van der Waals surface area contributed by atoms with Crippen molar-refractivity contribution in [2.24, 2.45) is 0 Å². The van der Waals surface area contributed by atoms with E-state index in [1.165, 1.54) is 18.9 Å². The largest absolute Gasteiger partial charge is 0.495 e. The highest BCUT2D eigenvalue weighted by Gasteiger charge is 2.21. The topological polar surface area (TPSA) is 91.2 Å². The number of aromatic nitrogens is 4. The van der Waals surface area contributed by atoms with Crippen molar-refractivity contribution >= 4 is 35.0 Å². The summed E-state index contributed by atoms with van der Waals surface area (Å²) in [5.41, 5.74) is 1.20. The normalized spacial score (nSPS) is 11.7. The van der Waals surface area contributed by atoms with E-state index in [1.54, 1.807) is 29.8 Å². The summed E-state index contributed by atoms with van der Waals surface area (Å²) in [5.74, 6) is 0.948. The number of hydrogen-bond acceptors (Lipinski definition) is 7. The van der Waals surface area contributed by atoms with Gasteiger partial charge >= 0.3 is 0 Å². The number of methoxy groups -OCH3 is 1. The van der Waals surface area contributed by atoms with Gasteiger partial charge in [-0.15, -0.1) is 5.10 Å². The molecule has 0 aliphatic heterocycles. The Labute approximate surface area is 177 Å². The zero-order valence-corrected chi connectivity index (χ0v) is 17.7. The molecule has 1 amide bonds. The zero-order chi connectivity index (χ0) is 20.8. The number of carbonyl (C=O) groups is 1. The molecular weight excluding hydrogens is 414 g/mol. The number of nitrogens with one attached hydrogen (secondary N) is 1. The Morgan fingerprint density at radius 2 is 2.07 bits per heavy atom. The highest BCUT2D eigenvalue weighted by atomic mass is 35.5. The summed E-state index contributed by atoms with van der Waals surface area (Å²) in [6.45, 7) is 4.19. The average Bonchev–Trinajstić information content (AvgIpc) is 3.16. The highest BCUT2D eigenvalue weighted by molar-refractivity contribution is 8.00. The summed E-state index contributed by atoms with van der Waals surface area (Å²) in [6, 6.07) is 12.5. The molecular formula is C19H20ClN5O3S. The van der Waals surface area contributed by atoms with Crippen molar-refractivity contribution in [3.8, 4) is 17.2 Å². The summed E-state index contributed by atoms with van der Waals surface area (Å²) >= 11 is 7.26. The quantitative estimate of drug-likeness (QED) is 0.539. The van der Waals surface area contributed by atoms with Crippen LogP contribution in [-0.2, 0) is 4.79 Å². The third-order valence-corrected chi connectivity index (χ3v) is 5.17. The fourth-order valence-corrected chi connectivity index (χ4v) is 3.51. The number of tetrazole rings is 1. The predicted octanol–water partition coefficient (Wildman–Crippen LogP) is 3.84. The second-order valence-corrected chi connectivity index (χ2v) is 7.61. The molecule has 3 rings (SSSR count). The molecule has 29 heavy (non-hydrogen) atoms. The molecule has 1 aromatic heterocycles. The van der Waals surface area contributed by atoms with Crippen LogP contribution in [0.3, 0.4) is 0 Å². The number of carbonyl (C=O) groups excluding carboxylic acids is 1. The molecule has 3 aromatic rings. The number of anilines is 1.